The van der Waals surface area contributed by atoms with Crippen molar-refractivity contribution in [2.24, 2.45) is 0 Å². The molecule has 0 fully saturated rings. The summed E-state index contributed by atoms with van der Waals surface area (Å²) in [7, 11) is 0. The smallest absolute Gasteiger partial charge is 0.0595 e. The van der Waals surface area contributed by atoms with Crippen molar-refractivity contribution in [1.82, 2.24) is 5.32 Å². The van der Waals surface area contributed by atoms with Gasteiger partial charge in [-0.3, -0.25) is 0 Å². The second-order valence-corrected chi connectivity index (χ2v) is 5.73. The molecule has 1 rings (SSSR count). The Hall–Kier alpha value is 0.110. The minimum Gasteiger partial charge on any atom is -0.310 e. The van der Waals surface area contributed by atoms with Crippen LogP contribution < -0.4 is 5.32 Å². The van der Waals surface area contributed by atoms with Crippen molar-refractivity contribution in [2.75, 3.05) is 18.6 Å². The molecule has 96 valence electrons. The molecule has 0 aliphatic carbocycles. The fourth-order valence-corrected chi connectivity index (χ4v) is 2.46. The highest BCUT2D eigenvalue weighted by atomic mass is 35.5. The van der Waals surface area contributed by atoms with Gasteiger partial charge in [-0.25, -0.2) is 0 Å². The third-order valence-electron chi connectivity index (χ3n) is 2.67. The molecule has 1 atom stereocenters. The minimum atomic E-state index is 0.367. The van der Waals surface area contributed by atoms with Gasteiger partial charge < -0.3 is 5.32 Å². The van der Waals surface area contributed by atoms with Crippen LogP contribution in [0.25, 0.3) is 0 Å². The first-order valence-corrected chi connectivity index (χ1v) is 8.01. The van der Waals surface area contributed by atoms with Gasteiger partial charge in [-0.05, 0) is 49.1 Å². The first-order valence-electron chi connectivity index (χ1n) is 5.86. The van der Waals surface area contributed by atoms with E-state index in [1.807, 2.05) is 30.0 Å². The number of hydrogen-bond acceptors (Lipinski definition) is 2. The largest absolute Gasteiger partial charge is 0.310 e. The van der Waals surface area contributed by atoms with Crippen LogP contribution in [0.2, 0.25) is 10.0 Å². The monoisotopic (exact) mass is 291 g/mol. The third kappa shape index (κ3) is 5.09. The molecular weight excluding hydrogens is 273 g/mol. The summed E-state index contributed by atoms with van der Waals surface area (Å²) < 4.78 is 0. The van der Waals surface area contributed by atoms with E-state index in [9.17, 15) is 0 Å². The lowest BCUT2D eigenvalue weighted by molar-refractivity contribution is 0.520. The van der Waals surface area contributed by atoms with Gasteiger partial charge in [0.15, 0.2) is 0 Å². The lowest BCUT2D eigenvalue weighted by Crippen LogP contribution is -2.22. The second-order valence-electron chi connectivity index (χ2n) is 3.93. The number of thioether (sulfide) groups is 1. The molecule has 1 nitrogen and oxygen atoms in total. The van der Waals surface area contributed by atoms with E-state index >= 15 is 0 Å². The SMILES string of the molecule is CCC(NCCCSC)c1ccc(Cl)c(Cl)c1. The van der Waals surface area contributed by atoms with E-state index in [-0.39, 0.29) is 0 Å². The zero-order valence-corrected chi connectivity index (χ0v) is 12.6. The summed E-state index contributed by atoms with van der Waals surface area (Å²) in [6.07, 6.45) is 4.38. The van der Waals surface area contributed by atoms with Crippen LogP contribution in [0, 0.1) is 0 Å². The van der Waals surface area contributed by atoms with Crippen molar-refractivity contribution in [3.8, 4) is 0 Å². The molecule has 0 aliphatic heterocycles. The first-order chi connectivity index (χ1) is 8.19. The summed E-state index contributed by atoms with van der Waals surface area (Å²) in [6.45, 7) is 3.22. The van der Waals surface area contributed by atoms with E-state index in [1.165, 1.54) is 17.7 Å². The van der Waals surface area contributed by atoms with Crippen LogP contribution in [0.5, 0.6) is 0 Å². The average Bonchev–Trinajstić information content (AvgIpc) is 2.33. The Kier molecular flexibility index (Phi) is 7.36. The van der Waals surface area contributed by atoms with Gasteiger partial charge in [0.05, 0.1) is 10.0 Å². The van der Waals surface area contributed by atoms with Crippen molar-refractivity contribution in [3.63, 3.8) is 0 Å². The zero-order chi connectivity index (χ0) is 12.7. The summed E-state index contributed by atoms with van der Waals surface area (Å²) in [5.74, 6) is 1.20. The molecule has 0 heterocycles. The Morgan fingerprint density at radius 1 is 1.29 bits per heavy atom. The van der Waals surface area contributed by atoms with E-state index in [0.29, 0.717) is 16.1 Å². The summed E-state index contributed by atoms with van der Waals surface area (Å²) >= 11 is 13.8. The lowest BCUT2D eigenvalue weighted by atomic mass is 10.0. The van der Waals surface area contributed by atoms with Crippen LogP contribution in [-0.4, -0.2) is 18.6 Å². The van der Waals surface area contributed by atoms with Gasteiger partial charge in [-0.2, -0.15) is 11.8 Å². The van der Waals surface area contributed by atoms with Gasteiger partial charge in [0.1, 0.15) is 0 Å². The lowest BCUT2D eigenvalue weighted by Gasteiger charge is -2.17. The van der Waals surface area contributed by atoms with Crippen molar-refractivity contribution in [1.29, 1.82) is 0 Å². The highest BCUT2D eigenvalue weighted by Gasteiger charge is 2.09. The van der Waals surface area contributed by atoms with Crippen molar-refractivity contribution < 1.29 is 0 Å². The van der Waals surface area contributed by atoms with Crippen molar-refractivity contribution in [2.45, 2.75) is 25.8 Å². The molecule has 1 aromatic rings. The Bertz CT molecular complexity index is 344. The quantitative estimate of drug-likeness (QED) is 0.725. The molecule has 1 N–H and O–H groups in total. The fourth-order valence-electron chi connectivity index (χ4n) is 1.72. The molecule has 17 heavy (non-hydrogen) atoms. The fraction of sp³-hybridized carbons (Fsp3) is 0.538. The van der Waals surface area contributed by atoms with E-state index in [2.05, 4.69) is 18.5 Å². The second kappa shape index (κ2) is 8.25. The topological polar surface area (TPSA) is 12.0 Å². The zero-order valence-electron chi connectivity index (χ0n) is 10.3. The molecule has 0 amide bonds. The maximum absolute atomic E-state index is 6.04. The van der Waals surface area contributed by atoms with Crippen LogP contribution in [0.15, 0.2) is 18.2 Å². The Morgan fingerprint density at radius 2 is 2.06 bits per heavy atom. The molecule has 0 saturated heterocycles. The van der Waals surface area contributed by atoms with Crippen molar-refractivity contribution in [3.05, 3.63) is 33.8 Å². The first kappa shape index (κ1) is 15.2. The van der Waals surface area contributed by atoms with Crippen LogP contribution in [0.4, 0.5) is 0 Å². The molecule has 4 heteroatoms. The van der Waals surface area contributed by atoms with Gasteiger partial charge >= 0.3 is 0 Å². The number of rotatable bonds is 7. The Labute approximate surface area is 118 Å². The number of hydrogen-bond donors (Lipinski definition) is 1. The molecular formula is C13H19Cl2NS. The van der Waals surface area contributed by atoms with Crippen LogP contribution >= 0.6 is 35.0 Å². The number of halogens is 2. The number of nitrogens with one attached hydrogen (secondary N) is 1. The average molecular weight is 292 g/mol. The normalized spacial score (nSPS) is 12.7. The summed E-state index contributed by atoms with van der Waals surface area (Å²) in [6, 6.07) is 6.24. The Morgan fingerprint density at radius 3 is 2.65 bits per heavy atom. The van der Waals surface area contributed by atoms with Crippen LogP contribution in [0.3, 0.4) is 0 Å². The molecule has 0 radical (unpaired) electrons. The molecule has 0 saturated carbocycles. The molecule has 0 aliphatic rings. The van der Waals surface area contributed by atoms with Gasteiger partial charge in [0.2, 0.25) is 0 Å². The van der Waals surface area contributed by atoms with Gasteiger partial charge in [-0.15, -0.1) is 0 Å². The highest BCUT2D eigenvalue weighted by Crippen LogP contribution is 2.26. The predicted molar refractivity (Wildman–Crippen MR) is 80.5 cm³/mol. The molecule has 0 spiro atoms. The standard InChI is InChI=1S/C13H19Cl2NS/c1-3-13(16-7-4-8-17-2)10-5-6-11(14)12(15)9-10/h5-6,9,13,16H,3-4,7-8H2,1-2H3. The maximum Gasteiger partial charge on any atom is 0.0595 e. The van der Waals surface area contributed by atoms with Crippen molar-refractivity contribution >= 4 is 35.0 Å². The Balaban J connectivity index is 2.56. The third-order valence-corrected chi connectivity index (χ3v) is 4.11. The summed E-state index contributed by atoms with van der Waals surface area (Å²) in [5.41, 5.74) is 1.21. The summed E-state index contributed by atoms with van der Waals surface area (Å²) in [5, 5.41) is 4.80. The van der Waals surface area contributed by atoms with E-state index in [1.54, 1.807) is 0 Å². The van der Waals surface area contributed by atoms with Gasteiger partial charge in [0, 0.05) is 6.04 Å². The molecule has 0 aromatic heterocycles. The van der Waals surface area contributed by atoms with Gasteiger partial charge in [0.25, 0.3) is 0 Å². The van der Waals surface area contributed by atoms with Crippen LogP contribution in [0.1, 0.15) is 31.4 Å². The predicted octanol–water partition coefficient (Wildman–Crippen LogP) is 4.79. The van der Waals surface area contributed by atoms with Gasteiger partial charge in [-0.1, -0.05) is 36.2 Å². The van der Waals surface area contributed by atoms with E-state index in [0.717, 1.165) is 13.0 Å². The minimum absolute atomic E-state index is 0.367. The molecule has 0 bridgehead atoms. The molecule has 1 aromatic carbocycles. The maximum atomic E-state index is 6.04. The number of benzene rings is 1. The summed E-state index contributed by atoms with van der Waals surface area (Å²) in [4.78, 5) is 0. The van der Waals surface area contributed by atoms with Crippen LogP contribution in [-0.2, 0) is 0 Å². The molecule has 1 unspecified atom stereocenters. The van der Waals surface area contributed by atoms with E-state index in [4.69, 9.17) is 23.2 Å². The highest BCUT2D eigenvalue weighted by molar-refractivity contribution is 7.98. The van der Waals surface area contributed by atoms with E-state index < -0.39 is 0 Å².